The lowest BCUT2D eigenvalue weighted by Gasteiger charge is -2.38. The van der Waals surface area contributed by atoms with Gasteiger partial charge in [0.1, 0.15) is 0 Å². The van der Waals surface area contributed by atoms with Gasteiger partial charge in [-0.05, 0) is 56.2 Å². The average Bonchev–Trinajstić information content (AvgIpc) is 3.32. The zero-order chi connectivity index (χ0) is 26.1. The molecule has 1 aliphatic carbocycles. The third kappa shape index (κ3) is 7.66. The molecule has 1 N–H and O–H groups in total. The molecule has 0 radical (unpaired) electrons. The average molecular weight is 517 g/mol. The lowest BCUT2D eigenvalue weighted by molar-refractivity contribution is -0.143. The van der Waals surface area contributed by atoms with Gasteiger partial charge in [0.25, 0.3) is 0 Å². The summed E-state index contributed by atoms with van der Waals surface area (Å²) in [6, 6.07) is 6.85. The van der Waals surface area contributed by atoms with Crippen molar-refractivity contribution in [2.24, 2.45) is 5.92 Å². The molecule has 9 heteroatoms. The Balaban J connectivity index is 1.96. The van der Waals surface area contributed by atoms with Crippen LogP contribution in [-0.2, 0) is 14.3 Å². The first-order valence-electron chi connectivity index (χ1n) is 13.2. The van der Waals surface area contributed by atoms with Gasteiger partial charge < -0.3 is 19.7 Å². The molecule has 1 aliphatic rings. The van der Waals surface area contributed by atoms with Crippen LogP contribution in [0.25, 0.3) is 0 Å². The van der Waals surface area contributed by atoms with Crippen LogP contribution in [0.2, 0.25) is 0 Å². The van der Waals surface area contributed by atoms with E-state index in [4.69, 9.17) is 9.47 Å². The number of anilines is 3. The normalized spacial score (nSPS) is 14.9. The van der Waals surface area contributed by atoms with E-state index in [0.29, 0.717) is 30.1 Å². The van der Waals surface area contributed by atoms with Gasteiger partial charge in [0.15, 0.2) is 0 Å². The molecule has 1 atom stereocenters. The molecule has 0 bridgehead atoms. The molecular weight excluding hydrogens is 476 g/mol. The second-order valence-electron chi connectivity index (χ2n) is 9.78. The minimum atomic E-state index is -0.469. The van der Waals surface area contributed by atoms with E-state index < -0.39 is 5.97 Å². The summed E-state index contributed by atoms with van der Waals surface area (Å²) in [5.41, 5.74) is 3.05. The summed E-state index contributed by atoms with van der Waals surface area (Å²) in [7, 11) is 0. The van der Waals surface area contributed by atoms with Gasteiger partial charge in [-0.2, -0.15) is 0 Å². The van der Waals surface area contributed by atoms with Crippen LogP contribution >= 0.6 is 11.3 Å². The zero-order valence-electron chi connectivity index (χ0n) is 22.2. The number of hydrogen-bond donors (Lipinski definition) is 1. The predicted octanol–water partition coefficient (Wildman–Crippen LogP) is 6.31. The first-order chi connectivity index (χ1) is 17.3. The Hall–Kier alpha value is -2.68. The number of ether oxygens (including phenoxy) is 2. The van der Waals surface area contributed by atoms with Crippen molar-refractivity contribution in [1.29, 1.82) is 0 Å². The van der Waals surface area contributed by atoms with E-state index >= 15 is 0 Å². The molecule has 3 rings (SSSR count). The van der Waals surface area contributed by atoms with Crippen molar-refractivity contribution in [3.8, 4) is 0 Å². The standard InChI is InChI=1S/C27H40N4O4S/c1-6-34-24(32)15-19(5)20-13-14-23(31(17-18(3)4)21-11-9-8-10-12-21)22(16-20)28-27-30-29-25(36-27)26(33)35-7-2/h13-14,16,18-19,21H,6-12,15,17H2,1-5H3,(H,28,30)/t19-/m1/s1. The molecule has 2 aromatic rings. The lowest BCUT2D eigenvalue weighted by atomic mass is 9.92. The Morgan fingerprint density at radius 2 is 1.81 bits per heavy atom. The summed E-state index contributed by atoms with van der Waals surface area (Å²) in [4.78, 5) is 26.8. The summed E-state index contributed by atoms with van der Waals surface area (Å²) in [5, 5.41) is 12.4. The lowest BCUT2D eigenvalue weighted by Crippen LogP contribution is -2.39. The molecule has 1 aromatic heterocycles. The van der Waals surface area contributed by atoms with Crippen LogP contribution in [0.5, 0.6) is 0 Å². The topological polar surface area (TPSA) is 93.6 Å². The number of carbonyl (C=O) groups is 2. The number of rotatable bonds is 12. The first-order valence-corrected chi connectivity index (χ1v) is 14.0. The molecule has 198 valence electrons. The number of nitrogens with zero attached hydrogens (tertiary/aromatic N) is 3. The molecule has 0 amide bonds. The Morgan fingerprint density at radius 3 is 2.47 bits per heavy atom. The van der Waals surface area contributed by atoms with E-state index in [1.165, 1.54) is 43.4 Å². The minimum absolute atomic E-state index is 0.00334. The molecule has 1 fully saturated rings. The smallest absolute Gasteiger partial charge is 0.369 e. The van der Waals surface area contributed by atoms with E-state index in [-0.39, 0.29) is 23.5 Å². The van der Waals surface area contributed by atoms with Crippen molar-refractivity contribution in [3.05, 3.63) is 28.8 Å². The third-order valence-electron chi connectivity index (χ3n) is 6.37. The van der Waals surface area contributed by atoms with Crippen LogP contribution in [0.1, 0.15) is 94.4 Å². The van der Waals surface area contributed by atoms with Crippen molar-refractivity contribution in [2.45, 2.75) is 85.1 Å². The van der Waals surface area contributed by atoms with E-state index in [0.717, 1.165) is 23.5 Å². The molecule has 0 spiro atoms. The fraction of sp³-hybridized carbons (Fsp3) is 0.630. The van der Waals surface area contributed by atoms with Crippen LogP contribution in [-0.4, -0.2) is 47.9 Å². The number of carbonyl (C=O) groups excluding carboxylic acids is 2. The van der Waals surface area contributed by atoms with Crippen LogP contribution < -0.4 is 10.2 Å². The van der Waals surface area contributed by atoms with Crippen molar-refractivity contribution < 1.29 is 19.1 Å². The fourth-order valence-electron chi connectivity index (χ4n) is 4.69. The summed E-state index contributed by atoms with van der Waals surface area (Å²) >= 11 is 1.18. The van der Waals surface area contributed by atoms with Gasteiger partial charge >= 0.3 is 11.9 Å². The molecular formula is C27H40N4O4S. The fourth-order valence-corrected chi connectivity index (χ4v) is 5.34. The Kier molecular flexibility index (Phi) is 10.5. The maximum atomic E-state index is 12.1. The second kappa shape index (κ2) is 13.6. The molecule has 36 heavy (non-hydrogen) atoms. The number of nitrogens with one attached hydrogen (secondary N) is 1. The Morgan fingerprint density at radius 1 is 1.08 bits per heavy atom. The van der Waals surface area contributed by atoms with Crippen LogP contribution in [0.4, 0.5) is 16.5 Å². The molecule has 8 nitrogen and oxygen atoms in total. The van der Waals surface area contributed by atoms with Gasteiger partial charge in [0.05, 0.1) is 31.0 Å². The van der Waals surface area contributed by atoms with Gasteiger partial charge in [0.2, 0.25) is 10.1 Å². The van der Waals surface area contributed by atoms with Gasteiger partial charge in [-0.15, -0.1) is 10.2 Å². The summed E-state index contributed by atoms with van der Waals surface area (Å²) in [6.45, 7) is 11.7. The maximum Gasteiger partial charge on any atom is 0.369 e. The van der Waals surface area contributed by atoms with Crippen LogP contribution in [0.15, 0.2) is 18.2 Å². The Labute approximate surface area is 218 Å². The summed E-state index contributed by atoms with van der Waals surface area (Å²) in [5.74, 6) is -0.172. The summed E-state index contributed by atoms with van der Waals surface area (Å²) in [6.07, 6.45) is 6.46. The van der Waals surface area contributed by atoms with Gasteiger partial charge in [-0.3, -0.25) is 4.79 Å². The van der Waals surface area contributed by atoms with Gasteiger partial charge in [0, 0.05) is 12.6 Å². The van der Waals surface area contributed by atoms with Crippen molar-refractivity contribution in [2.75, 3.05) is 30.0 Å². The van der Waals surface area contributed by atoms with Crippen LogP contribution in [0, 0.1) is 5.92 Å². The maximum absolute atomic E-state index is 12.1. The highest BCUT2D eigenvalue weighted by molar-refractivity contribution is 7.17. The molecule has 0 aliphatic heterocycles. The predicted molar refractivity (Wildman–Crippen MR) is 144 cm³/mol. The quantitative estimate of drug-likeness (QED) is 0.328. The largest absolute Gasteiger partial charge is 0.466 e. The van der Waals surface area contributed by atoms with E-state index in [1.807, 2.05) is 13.8 Å². The van der Waals surface area contributed by atoms with Crippen molar-refractivity contribution in [1.82, 2.24) is 10.2 Å². The van der Waals surface area contributed by atoms with E-state index in [1.54, 1.807) is 6.92 Å². The Bertz CT molecular complexity index is 1000. The zero-order valence-corrected chi connectivity index (χ0v) is 23.0. The SMILES string of the molecule is CCOC(=O)C[C@@H](C)c1ccc(N(CC(C)C)C2CCCCC2)c(Nc2nnc(C(=O)OCC)s2)c1. The van der Waals surface area contributed by atoms with Gasteiger partial charge in [-0.25, -0.2) is 4.79 Å². The number of aromatic nitrogens is 2. The van der Waals surface area contributed by atoms with Crippen molar-refractivity contribution in [3.63, 3.8) is 0 Å². The highest BCUT2D eigenvalue weighted by atomic mass is 32.1. The van der Waals surface area contributed by atoms with Crippen molar-refractivity contribution >= 4 is 39.8 Å². The number of benzene rings is 1. The molecule has 0 saturated heterocycles. The highest BCUT2D eigenvalue weighted by Gasteiger charge is 2.26. The number of esters is 2. The first kappa shape index (κ1) is 27.9. The highest BCUT2D eigenvalue weighted by Crippen LogP contribution is 2.37. The molecule has 0 unspecified atom stereocenters. The van der Waals surface area contributed by atoms with E-state index in [9.17, 15) is 9.59 Å². The van der Waals surface area contributed by atoms with Gasteiger partial charge in [-0.1, -0.05) is 57.4 Å². The number of hydrogen-bond acceptors (Lipinski definition) is 9. The summed E-state index contributed by atoms with van der Waals surface area (Å²) < 4.78 is 10.2. The van der Waals surface area contributed by atoms with Crippen LogP contribution in [0.3, 0.4) is 0 Å². The monoisotopic (exact) mass is 516 g/mol. The molecule has 1 aromatic carbocycles. The van der Waals surface area contributed by atoms with E-state index in [2.05, 4.69) is 52.5 Å². The third-order valence-corrected chi connectivity index (χ3v) is 7.19. The molecule has 1 saturated carbocycles. The minimum Gasteiger partial charge on any atom is -0.466 e. The molecule has 1 heterocycles. The second-order valence-corrected chi connectivity index (χ2v) is 10.8.